The monoisotopic (exact) mass is 340 g/mol. The number of piperidine rings is 1. The molecule has 128 valence electrons. The molecule has 23 heavy (non-hydrogen) atoms. The smallest absolute Gasteiger partial charge is 0.271 e. The van der Waals surface area contributed by atoms with Crippen molar-refractivity contribution >= 4 is 17.5 Å². The molecular formula is C16H25ClN4O2. The molecule has 0 radical (unpaired) electrons. The Morgan fingerprint density at radius 1 is 1.48 bits per heavy atom. The van der Waals surface area contributed by atoms with Gasteiger partial charge in [0.05, 0.1) is 17.8 Å². The second-order valence-electron chi connectivity index (χ2n) is 6.45. The molecule has 0 saturated carbocycles. The van der Waals surface area contributed by atoms with Crippen LogP contribution in [-0.4, -0.2) is 49.2 Å². The third kappa shape index (κ3) is 4.62. The summed E-state index contributed by atoms with van der Waals surface area (Å²) in [6.07, 6.45) is 3.43. The van der Waals surface area contributed by atoms with Crippen molar-refractivity contribution in [1.82, 2.24) is 20.6 Å². The number of nitrogens with zero attached hydrogens (tertiary/aromatic N) is 2. The molecule has 1 amide bonds. The topological polar surface area (TPSA) is 76.1 Å². The van der Waals surface area contributed by atoms with Gasteiger partial charge in [0.25, 0.3) is 5.91 Å². The van der Waals surface area contributed by atoms with Crippen molar-refractivity contribution in [3.63, 3.8) is 0 Å². The van der Waals surface area contributed by atoms with Crippen molar-refractivity contribution in [2.45, 2.75) is 32.6 Å². The van der Waals surface area contributed by atoms with E-state index in [1.165, 1.54) is 6.20 Å². The van der Waals surface area contributed by atoms with Crippen molar-refractivity contribution in [2.75, 3.05) is 33.4 Å². The number of hydrogen-bond donors (Lipinski definition) is 2. The number of amides is 1. The molecule has 0 unspecified atom stereocenters. The highest BCUT2D eigenvalue weighted by Crippen LogP contribution is 2.28. The molecule has 2 rings (SSSR count). The molecule has 1 aliphatic heterocycles. The van der Waals surface area contributed by atoms with Crippen molar-refractivity contribution in [1.29, 1.82) is 0 Å². The van der Waals surface area contributed by atoms with Crippen LogP contribution < -0.4 is 10.6 Å². The Kier molecular flexibility index (Phi) is 6.33. The van der Waals surface area contributed by atoms with Crippen LogP contribution in [0.3, 0.4) is 0 Å². The molecule has 1 saturated heterocycles. The lowest BCUT2D eigenvalue weighted by Crippen LogP contribution is -2.47. The van der Waals surface area contributed by atoms with Crippen molar-refractivity contribution in [3.05, 3.63) is 22.7 Å². The maximum atomic E-state index is 12.5. The van der Waals surface area contributed by atoms with Gasteiger partial charge in [-0.15, -0.1) is 0 Å². The standard InChI is InChI=1S/C16H25ClN4O2/c1-11(2)14-19-8-12(17)13(21-14)15(22)20-9-16(10-23-3)4-6-18-7-5-16/h8,11,18H,4-7,9-10H2,1-3H3,(H,20,22). The van der Waals surface area contributed by atoms with Gasteiger partial charge in [-0.25, -0.2) is 9.97 Å². The van der Waals surface area contributed by atoms with Crippen molar-refractivity contribution in [2.24, 2.45) is 5.41 Å². The average Bonchev–Trinajstić information content (AvgIpc) is 2.54. The molecule has 0 aliphatic carbocycles. The lowest BCUT2D eigenvalue weighted by Gasteiger charge is -2.37. The fraction of sp³-hybridized carbons (Fsp3) is 0.688. The first-order chi connectivity index (χ1) is 11.0. The summed E-state index contributed by atoms with van der Waals surface area (Å²) in [5.41, 5.74) is 0.211. The molecule has 0 bridgehead atoms. The summed E-state index contributed by atoms with van der Waals surface area (Å²) in [6, 6.07) is 0. The predicted octanol–water partition coefficient (Wildman–Crippen LogP) is 2.00. The first-order valence-corrected chi connectivity index (χ1v) is 8.35. The number of ether oxygens (including phenoxy) is 1. The van der Waals surface area contributed by atoms with Gasteiger partial charge >= 0.3 is 0 Å². The fourth-order valence-electron chi connectivity index (χ4n) is 2.81. The second-order valence-corrected chi connectivity index (χ2v) is 6.85. The first kappa shape index (κ1) is 18.1. The molecule has 0 atom stereocenters. The summed E-state index contributed by atoms with van der Waals surface area (Å²) >= 11 is 6.09. The van der Waals surface area contributed by atoms with Crippen molar-refractivity contribution in [3.8, 4) is 0 Å². The maximum absolute atomic E-state index is 12.5. The number of carbonyl (C=O) groups excluding carboxylic acids is 1. The first-order valence-electron chi connectivity index (χ1n) is 7.98. The Labute approximate surface area is 142 Å². The molecule has 1 aromatic heterocycles. The summed E-state index contributed by atoms with van der Waals surface area (Å²) in [5.74, 6) is 0.504. The third-order valence-corrected chi connectivity index (χ3v) is 4.51. The molecule has 7 heteroatoms. The minimum atomic E-state index is -0.256. The molecule has 2 heterocycles. The van der Waals surface area contributed by atoms with Gasteiger partial charge < -0.3 is 15.4 Å². The molecular weight excluding hydrogens is 316 g/mol. The van der Waals surface area contributed by atoms with Crippen molar-refractivity contribution < 1.29 is 9.53 Å². The minimum Gasteiger partial charge on any atom is -0.384 e. The van der Waals surface area contributed by atoms with Gasteiger partial charge in [0.1, 0.15) is 11.5 Å². The number of rotatable bonds is 6. The van der Waals surface area contributed by atoms with Crippen LogP contribution in [0.25, 0.3) is 0 Å². The van der Waals surface area contributed by atoms with E-state index in [9.17, 15) is 4.79 Å². The van der Waals surface area contributed by atoms with Crippen LogP contribution in [0.4, 0.5) is 0 Å². The molecule has 1 aromatic rings. The Morgan fingerprint density at radius 3 is 2.78 bits per heavy atom. The van der Waals surface area contributed by atoms with E-state index >= 15 is 0 Å². The molecule has 1 aliphatic rings. The highest BCUT2D eigenvalue weighted by atomic mass is 35.5. The zero-order valence-electron chi connectivity index (χ0n) is 14.0. The number of carbonyl (C=O) groups is 1. The van der Waals surface area contributed by atoms with Gasteiger partial charge in [-0.05, 0) is 25.9 Å². The Bertz CT molecular complexity index is 539. The van der Waals surface area contributed by atoms with Crippen LogP contribution in [-0.2, 0) is 4.74 Å². The number of methoxy groups -OCH3 is 1. The van der Waals surface area contributed by atoms with E-state index < -0.39 is 0 Å². The van der Waals surface area contributed by atoms with E-state index in [-0.39, 0.29) is 28.0 Å². The summed E-state index contributed by atoms with van der Waals surface area (Å²) in [6.45, 7) is 7.01. The van der Waals surface area contributed by atoms with Crippen LogP contribution in [0, 0.1) is 5.41 Å². The molecule has 0 spiro atoms. The fourth-order valence-corrected chi connectivity index (χ4v) is 2.98. The van der Waals surface area contributed by atoms with E-state index in [4.69, 9.17) is 16.3 Å². The summed E-state index contributed by atoms with van der Waals surface area (Å²) in [4.78, 5) is 21.0. The van der Waals surface area contributed by atoms with E-state index in [0.29, 0.717) is 19.0 Å². The van der Waals surface area contributed by atoms with Crippen LogP contribution in [0.5, 0.6) is 0 Å². The van der Waals surface area contributed by atoms with Gasteiger partial charge in [0, 0.05) is 25.0 Å². The highest BCUT2D eigenvalue weighted by molar-refractivity contribution is 6.33. The van der Waals surface area contributed by atoms with Crippen LogP contribution >= 0.6 is 11.6 Å². The van der Waals surface area contributed by atoms with Gasteiger partial charge in [-0.3, -0.25) is 4.79 Å². The zero-order valence-corrected chi connectivity index (χ0v) is 14.7. The Balaban J connectivity index is 2.07. The number of aromatic nitrogens is 2. The van der Waals surface area contributed by atoms with Gasteiger partial charge in [0.15, 0.2) is 0 Å². The van der Waals surface area contributed by atoms with Crippen LogP contribution in [0.2, 0.25) is 5.02 Å². The van der Waals surface area contributed by atoms with E-state index in [0.717, 1.165) is 25.9 Å². The normalized spacial score (nSPS) is 17.3. The quantitative estimate of drug-likeness (QED) is 0.828. The summed E-state index contributed by atoms with van der Waals surface area (Å²) in [5, 5.41) is 6.59. The molecule has 2 N–H and O–H groups in total. The second kappa shape index (κ2) is 8.04. The van der Waals surface area contributed by atoms with E-state index in [1.807, 2.05) is 13.8 Å². The lowest BCUT2D eigenvalue weighted by atomic mass is 9.79. The summed E-state index contributed by atoms with van der Waals surface area (Å²) < 4.78 is 5.37. The molecule has 1 fully saturated rings. The Morgan fingerprint density at radius 2 is 2.17 bits per heavy atom. The maximum Gasteiger partial charge on any atom is 0.271 e. The molecule has 6 nitrogen and oxygen atoms in total. The third-order valence-electron chi connectivity index (χ3n) is 4.23. The van der Waals surface area contributed by atoms with E-state index in [1.54, 1.807) is 7.11 Å². The average molecular weight is 341 g/mol. The van der Waals surface area contributed by atoms with Gasteiger partial charge in [-0.1, -0.05) is 25.4 Å². The number of nitrogens with one attached hydrogen (secondary N) is 2. The van der Waals surface area contributed by atoms with Crippen LogP contribution in [0.1, 0.15) is 48.9 Å². The van der Waals surface area contributed by atoms with E-state index in [2.05, 4.69) is 20.6 Å². The largest absolute Gasteiger partial charge is 0.384 e. The molecule has 0 aromatic carbocycles. The number of halogens is 1. The Hall–Kier alpha value is -1.24. The van der Waals surface area contributed by atoms with Gasteiger partial charge in [-0.2, -0.15) is 0 Å². The summed E-state index contributed by atoms with van der Waals surface area (Å²) in [7, 11) is 1.70. The SMILES string of the molecule is COCC1(CNC(=O)c2nc(C(C)C)ncc2Cl)CCNCC1. The minimum absolute atomic E-state index is 0.0317. The predicted molar refractivity (Wildman–Crippen MR) is 89.9 cm³/mol. The number of hydrogen-bond acceptors (Lipinski definition) is 5. The van der Waals surface area contributed by atoms with Crippen LogP contribution in [0.15, 0.2) is 6.20 Å². The highest BCUT2D eigenvalue weighted by Gasteiger charge is 2.33. The zero-order chi connectivity index (χ0) is 16.9. The van der Waals surface area contributed by atoms with Gasteiger partial charge in [0.2, 0.25) is 0 Å². The lowest BCUT2D eigenvalue weighted by molar-refractivity contribution is 0.0510.